The lowest BCUT2D eigenvalue weighted by molar-refractivity contribution is 0.171. The van der Waals surface area contributed by atoms with Crippen LogP contribution < -0.4 is 15.2 Å². The van der Waals surface area contributed by atoms with E-state index in [9.17, 15) is 0 Å². The van der Waals surface area contributed by atoms with Gasteiger partial charge in [-0.1, -0.05) is 42.5 Å². The largest absolute Gasteiger partial charge is 0.486 e. The molecule has 0 saturated heterocycles. The molecule has 22 heavy (non-hydrogen) atoms. The van der Waals surface area contributed by atoms with Crippen LogP contribution in [0.5, 0.6) is 11.5 Å². The van der Waals surface area contributed by atoms with Gasteiger partial charge in [-0.15, -0.1) is 0 Å². The summed E-state index contributed by atoms with van der Waals surface area (Å²) in [5.41, 5.74) is 8.56. The summed E-state index contributed by atoms with van der Waals surface area (Å²) >= 11 is 0. The van der Waals surface area contributed by atoms with Crippen molar-refractivity contribution in [2.24, 2.45) is 5.73 Å². The summed E-state index contributed by atoms with van der Waals surface area (Å²) in [5, 5.41) is 2.42. The number of nitrogens with two attached hydrogens (primary N) is 1. The molecule has 0 aromatic heterocycles. The molecule has 0 radical (unpaired) electrons. The van der Waals surface area contributed by atoms with Gasteiger partial charge in [0.2, 0.25) is 0 Å². The maximum atomic E-state index is 6.44. The summed E-state index contributed by atoms with van der Waals surface area (Å²) in [6.45, 7) is 1.19. The Bertz CT molecular complexity index is 829. The van der Waals surface area contributed by atoms with Gasteiger partial charge in [0.15, 0.2) is 11.5 Å². The van der Waals surface area contributed by atoms with Crippen LogP contribution in [-0.2, 0) is 0 Å². The van der Waals surface area contributed by atoms with Crippen LogP contribution in [0.15, 0.2) is 60.7 Å². The van der Waals surface area contributed by atoms with Crippen molar-refractivity contribution >= 4 is 10.8 Å². The number of hydrogen-bond donors (Lipinski definition) is 1. The van der Waals surface area contributed by atoms with Crippen LogP contribution in [-0.4, -0.2) is 13.2 Å². The molecule has 0 bridgehead atoms. The first-order valence-electron chi connectivity index (χ1n) is 7.45. The molecule has 1 aliphatic heterocycles. The second-order valence-corrected chi connectivity index (χ2v) is 5.49. The lowest BCUT2D eigenvalue weighted by Gasteiger charge is -2.21. The number of fused-ring (bicyclic) bond motifs is 2. The Kier molecular flexibility index (Phi) is 3.20. The molecule has 110 valence electrons. The van der Waals surface area contributed by atoms with Crippen molar-refractivity contribution in [3.05, 3.63) is 71.8 Å². The average molecular weight is 291 g/mol. The Hall–Kier alpha value is -2.52. The fourth-order valence-electron chi connectivity index (χ4n) is 2.85. The van der Waals surface area contributed by atoms with Gasteiger partial charge >= 0.3 is 0 Å². The molecular weight excluding hydrogens is 274 g/mol. The van der Waals surface area contributed by atoms with Gasteiger partial charge in [0, 0.05) is 0 Å². The third-order valence-corrected chi connectivity index (χ3v) is 4.06. The van der Waals surface area contributed by atoms with Gasteiger partial charge in [0.1, 0.15) is 13.2 Å². The zero-order valence-corrected chi connectivity index (χ0v) is 12.2. The van der Waals surface area contributed by atoms with Gasteiger partial charge in [0.05, 0.1) is 6.04 Å². The van der Waals surface area contributed by atoms with E-state index in [1.54, 1.807) is 0 Å². The zero-order chi connectivity index (χ0) is 14.9. The van der Waals surface area contributed by atoms with Crippen LogP contribution in [0.4, 0.5) is 0 Å². The highest BCUT2D eigenvalue weighted by atomic mass is 16.6. The van der Waals surface area contributed by atoms with Gasteiger partial charge in [-0.05, 0) is 40.1 Å². The average Bonchev–Trinajstić information content (AvgIpc) is 2.60. The third kappa shape index (κ3) is 2.30. The molecule has 1 unspecified atom stereocenters. The Labute approximate surface area is 129 Å². The van der Waals surface area contributed by atoms with Crippen molar-refractivity contribution in [3.63, 3.8) is 0 Å². The van der Waals surface area contributed by atoms with Crippen molar-refractivity contribution in [2.75, 3.05) is 13.2 Å². The second kappa shape index (κ2) is 5.35. The van der Waals surface area contributed by atoms with Gasteiger partial charge in [-0.2, -0.15) is 0 Å². The Morgan fingerprint density at radius 2 is 1.41 bits per heavy atom. The summed E-state index contributed by atoms with van der Waals surface area (Å²) < 4.78 is 11.2. The van der Waals surface area contributed by atoms with Crippen LogP contribution in [0.2, 0.25) is 0 Å². The van der Waals surface area contributed by atoms with Crippen molar-refractivity contribution < 1.29 is 9.47 Å². The molecule has 4 rings (SSSR count). The summed E-state index contributed by atoms with van der Waals surface area (Å²) in [7, 11) is 0. The second-order valence-electron chi connectivity index (χ2n) is 5.49. The van der Waals surface area contributed by atoms with Gasteiger partial charge in [-0.25, -0.2) is 0 Å². The molecular formula is C19H17NO2. The van der Waals surface area contributed by atoms with E-state index in [0.29, 0.717) is 13.2 Å². The normalized spacial score (nSPS) is 14.8. The van der Waals surface area contributed by atoms with Crippen LogP contribution in [0.1, 0.15) is 17.2 Å². The van der Waals surface area contributed by atoms with Gasteiger partial charge < -0.3 is 15.2 Å². The van der Waals surface area contributed by atoms with Crippen molar-refractivity contribution in [3.8, 4) is 11.5 Å². The fraction of sp³-hybridized carbons (Fsp3) is 0.158. The predicted molar refractivity (Wildman–Crippen MR) is 87.4 cm³/mol. The van der Waals surface area contributed by atoms with E-state index < -0.39 is 0 Å². The predicted octanol–water partition coefficient (Wildman–Crippen LogP) is 3.66. The first-order valence-corrected chi connectivity index (χ1v) is 7.45. The van der Waals surface area contributed by atoms with E-state index in [4.69, 9.17) is 15.2 Å². The number of ether oxygens (including phenoxy) is 2. The third-order valence-electron chi connectivity index (χ3n) is 4.06. The molecule has 3 heteroatoms. The molecule has 0 saturated carbocycles. The van der Waals surface area contributed by atoms with Crippen molar-refractivity contribution in [2.45, 2.75) is 6.04 Å². The van der Waals surface area contributed by atoms with Crippen LogP contribution >= 0.6 is 0 Å². The summed E-state index contributed by atoms with van der Waals surface area (Å²) in [6, 6.07) is 20.4. The Morgan fingerprint density at radius 3 is 2.27 bits per heavy atom. The number of rotatable bonds is 2. The standard InChI is InChI=1S/C19H17NO2/c20-19(15-6-5-13-3-1-2-4-14(13)11-15)16-7-8-17-18(12-16)22-10-9-21-17/h1-8,11-12,19H,9-10,20H2. The molecule has 2 N–H and O–H groups in total. The Morgan fingerprint density at radius 1 is 0.727 bits per heavy atom. The van der Waals surface area contributed by atoms with E-state index >= 15 is 0 Å². The highest BCUT2D eigenvalue weighted by Gasteiger charge is 2.16. The summed E-state index contributed by atoms with van der Waals surface area (Å²) in [5.74, 6) is 1.57. The first-order chi connectivity index (χ1) is 10.8. The molecule has 1 aliphatic rings. The first kappa shape index (κ1) is 13.2. The maximum absolute atomic E-state index is 6.44. The molecule has 3 aromatic rings. The van der Waals surface area contributed by atoms with Crippen LogP contribution in [0.3, 0.4) is 0 Å². The zero-order valence-electron chi connectivity index (χ0n) is 12.2. The molecule has 1 atom stereocenters. The fourth-order valence-corrected chi connectivity index (χ4v) is 2.85. The topological polar surface area (TPSA) is 44.5 Å². The van der Waals surface area contributed by atoms with E-state index in [2.05, 4.69) is 30.3 Å². The SMILES string of the molecule is NC(c1ccc2c(c1)OCCO2)c1ccc2ccccc2c1. The lowest BCUT2D eigenvalue weighted by Crippen LogP contribution is -2.17. The highest BCUT2D eigenvalue weighted by molar-refractivity contribution is 5.83. The molecule has 0 fully saturated rings. The van der Waals surface area contributed by atoms with Gasteiger partial charge in [-0.3, -0.25) is 0 Å². The van der Waals surface area contributed by atoms with Crippen LogP contribution in [0.25, 0.3) is 10.8 Å². The minimum atomic E-state index is -0.180. The van der Waals surface area contributed by atoms with Crippen molar-refractivity contribution in [1.29, 1.82) is 0 Å². The molecule has 1 heterocycles. The van der Waals surface area contributed by atoms with E-state index in [1.807, 2.05) is 30.3 Å². The molecule has 0 aliphatic carbocycles. The number of hydrogen-bond acceptors (Lipinski definition) is 3. The minimum Gasteiger partial charge on any atom is -0.486 e. The maximum Gasteiger partial charge on any atom is 0.161 e. The molecule has 0 spiro atoms. The van der Waals surface area contributed by atoms with Crippen molar-refractivity contribution in [1.82, 2.24) is 0 Å². The quantitative estimate of drug-likeness (QED) is 0.783. The monoisotopic (exact) mass is 291 g/mol. The van der Waals surface area contributed by atoms with Gasteiger partial charge in [0.25, 0.3) is 0 Å². The smallest absolute Gasteiger partial charge is 0.161 e. The molecule has 3 aromatic carbocycles. The Balaban J connectivity index is 1.71. The van der Waals surface area contributed by atoms with E-state index in [1.165, 1.54) is 10.8 Å². The van der Waals surface area contributed by atoms with Crippen LogP contribution in [0, 0.1) is 0 Å². The van der Waals surface area contributed by atoms with E-state index in [0.717, 1.165) is 22.6 Å². The number of benzene rings is 3. The van der Waals surface area contributed by atoms with E-state index in [-0.39, 0.29) is 6.04 Å². The summed E-state index contributed by atoms with van der Waals surface area (Å²) in [6.07, 6.45) is 0. The molecule has 3 nitrogen and oxygen atoms in total. The molecule has 0 amide bonds. The lowest BCUT2D eigenvalue weighted by atomic mass is 9.96. The highest BCUT2D eigenvalue weighted by Crippen LogP contribution is 2.34. The minimum absolute atomic E-state index is 0.180. The summed E-state index contributed by atoms with van der Waals surface area (Å²) in [4.78, 5) is 0.